The van der Waals surface area contributed by atoms with E-state index in [0.29, 0.717) is 17.9 Å². The quantitative estimate of drug-likeness (QED) is 0.895. The maximum atomic E-state index is 10.9. The highest BCUT2D eigenvalue weighted by atomic mass is 35.5. The number of carboxylic acid groups (broad SMARTS) is 1. The number of carbonyl (C=O) groups is 1. The molecule has 1 aromatic heterocycles. The molecule has 1 rings (SSSR count). The molecule has 1 aromatic rings. The fraction of sp³-hybridized carbons (Fsp3) is 0.333. The Hall–Kier alpha value is -1.00. The summed E-state index contributed by atoms with van der Waals surface area (Å²) in [6.07, 6.45) is 1.55. The van der Waals surface area contributed by atoms with Crippen molar-refractivity contribution < 1.29 is 9.90 Å². The summed E-state index contributed by atoms with van der Waals surface area (Å²) in [6, 6.07) is 0. The first-order valence-electron chi connectivity index (χ1n) is 4.22. The van der Waals surface area contributed by atoms with Gasteiger partial charge in [0.15, 0.2) is 0 Å². The molecule has 6 heteroatoms. The summed E-state index contributed by atoms with van der Waals surface area (Å²) in [6.45, 7) is 3.71. The number of hydrogen-bond donors (Lipinski definition) is 1. The van der Waals surface area contributed by atoms with E-state index in [1.807, 2.05) is 0 Å². The molecule has 0 aliphatic carbocycles. The van der Waals surface area contributed by atoms with E-state index in [0.717, 1.165) is 0 Å². The molecule has 1 N–H and O–H groups in total. The Morgan fingerprint density at radius 1 is 1.53 bits per heavy atom. The number of halogens is 2. The molecule has 0 aliphatic rings. The number of allylic oxidation sites excluding steroid dienone is 1. The molecule has 0 unspecified atom stereocenters. The minimum absolute atomic E-state index is 0.138. The van der Waals surface area contributed by atoms with Crippen molar-refractivity contribution in [1.29, 1.82) is 0 Å². The Bertz CT molecular complexity index is 420. The second kappa shape index (κ2) is 4.68. The molecule has 0 saturated heterocycles. The lowest BCUT2D eigenvalue weighted by atomic mass is 10.2. The predicted octanol–water partition coefficient (Wildman–Crippen LogP) is 2.52. The molecule has 4 nitrogen and oxygen atoms in total. The van der Waals surface area contributed by atoms with Crippen LogP contribution in [0.15, 0.2) is 10.6 Å². The summed E-state index contributed by atoms with van der Waals surface area (Å²) in [5.74, 6) is -0.975. The molecule has 0 bridgehead atoms. The average Bonchev–Trinajstić information content (AvgIpc) is 2.37. The van der Waals surface area contributed by atoms with Crippen LogP contribution in [0.4, 0.5) is 0 Å². The molecule has 0 radical (unpaired) electrons. The fourth-order valence-electron chi connectivity index (χ4n) is 1.34. The summed E-state index contributed by atoms with van der Waals surface area (Å²) >= 11 is 10.9. The lowest BCUT2D eigenvalue weighted by Gasteiger charge is -1.99. The molecule has 82 valence electrons. The zero-order valence-electron chi connectivity index (χ0n) is 8.29. The van der Waals surface area contributed by atoms with Gasteiger partial charge < -0.3 is 5.11 Å². The van der Waals surface area contributed by atoms with Crippen LogP contribution < -0.4 is 0 Å². The average molecular weight is 249 g/mol. The molecule has 0 amide bonds. The van der Waals surface area contributed by atoms with Gasteiger partial charge in [-0.1, -0.05) is 23.2 Å². The summed E-state index contributed by atoms with van der Waals surface area (Å²) in [5.41, 5.74) is 1.30. The molecular weight excluding hydrogens is 239 g/mol. The summed E-state index contributed by atoms with van der Waals surface area (Å²) in [4.78, 5) is 10.9. The lowest BCUT2D eigenvalue weighted by molar-refractivity contribution is 0.0695. The van der Waals surface area contributed by atoms with Gasteiger partial charge in [0, 0.05) is 0 Å². The normalized spacial score (nSPS) is 10.1. The highest BCUT2D eigenvalue weighted by Crippen LogP contribution is 2.14. The first-order chi connectivity index (χ1) is 6.93. The van der Waals surface area contributed by atoms with E-state index in [1.54, 1.807) is 24.6 Å². The van der Waals surface area contributed by atoms with Gasteiger partial charge in [0.25, 0.3) is 0 Å². The summed E-state index contributed by atoms with van der Waals surface area (Å²) in [7, 11) is 0. The van der Waals surface area contributed by atoms with E-state index >= 15 is 0 Å². The van der Waals surface area contributed by atoms with Gasteiger partial charge in [-0.05, 0) is 19.9 Å². The first-order valence-corrected chi connectivity index (χ1v) is 4.97. The summed E-state index contributed by atoms with van der Waals surface area (Å²) < 4.78 is 1.68. The number of carboxylic acids is 1. The van der Waals surface area contributed by atoms with Gasteiger partial charge in [-0.2, -0.15) is 5.10 Å². The second-order valence-corrected chi connectivity index (χ2v) is 4.03. The maximum absolute atomic E-state index is 10.9. The Balaban J connectivity index is 3.07. The Kier molecular flexibility index (Phi) is 3.77. The van der Waals surface area contributed by atoms with Crippen LogP contribution in [0.3, 0.4) is 0 Å². The van der Waals surface area contributed by atoms with Crippen LogP contribution in [0.25, 0.3) is 0 Å². The van der Waals surface area contributed by atoms with Crippen molar-refractivity contribution in [3.8, 4) is 0 Å². The topological polar surface area (TPSA) is 55.1 Å². The Morgan fingerprint density at radius 3 is 2.53 bits per heavy atom. The van der Waals surface area contributed by atoms with Crippen molar-refractivity contribution in [1.82, 2.24) is 9.78 Å². The van der Waals surface area contributed by atoms with Gasteiger partial charge in [0.1, 0.15) is 10.1 Å². The highest BCUT2D eigenvalue weighted by Gasteiger charge is 2.16. The smallest absolute Gasteiger partial charge is 0.339 e. The van der Waals surface area contributed by atoms with Crippen molar-refractivity contribution >= 4 is 29.2 Å². The van der Waals surface area contributed by atoms with Crippen LogP contribution in [0.2, 0.25) is 0 Å². The molecule has 0 aromatic carbocycles. The molecule has 0 spiro atoms. The monoisotopic (exact) mass is 248 g/mol. The van der Waals surface area contributed by atoms with Crippen LogP contribution in [-0.4, -0.2) is 20.9 Å². The van der Waals surface area contributed by atoms with Crippen molar-refractivity contribution in [2.75, 3.05) is 0 Å². The lowest BCUT2D eigenvalue weighted by Crippen LogP contribution is -2.03. The number of aryl methyl sites for hydroxylation is 1. The molecule has 15 heavy (non-hydrogen) atoms. The fourth-order valence-corrected chi connectivity index (χ4v) is 1.48. The number of hydrogen-bond acceptors (Lipinski definition) is 2. The molecule has 0 aliphatic heterocycles. The SMILES string of the molecule is Cc1nn(CC=C(Cl)Cl)c(C)c1C(=O)O. The molecule has 0 saturated carbocycles. The van der Waals surface area contributed by atoms with Crippen molar-refractivity contribution in [2.24, 2.45) is 0 Å². The number of aromatic nitrogens is 2. The minimum atomic E-state index is -0.975. The largest absolute Gasteiger partial charge is 0.478 e. The van der Waals surface area contributed by atoms with E-state index in [9.17, 15) is 4.79 Å². The van der Waals surface area contributed by atoms with Crippen LogP contribution in [0.5, 0.6) is 0 Å². The second-order valence-electron chi connectivity index (χ2n) is 3.03. The van der Waals surface area contributed by atoms with Crippen LogP contribution in [0.1, 0.15) is 21.7 Å². The van der Waals surface area contributed by atoms with Crippen molar-refractivity contribution in [3.63, 3.8) is 0 Å². The zero-order valence-corrected chi connectivity index (χ0v) is 9.80. The van der Waals surface area contributed by atoms with E-state index in [-0.39, 0.29) is 10.1 Å². The van der Waals surface area contributed by atoms with Gasteiger partial charge in [0.05, 0.1) is 17.9 Å². The molecular formula is C9H10Cl2N2O2. The molecule has 0 fully saturated rings. The third-order valence-electron chi connectivity index (χ3n) is 2.01. The first kappa shape index (κ1) is 12.1. The van der Waals surface area contributed by atoms with E-state index in [1.165, 1.54) is 0 Å². The van der Waals surface area contributed by atoms with Gasteiger partial charge in [-0.25, -0.2) is 4.79 Å². The van der Waals surface area contributed by atoms with E-state index in [4.69, 9.17) is 28.3 Å². The molecule has 0 atom stereocenters. The van der Waals surface area contributed by atoms with Gasteiger partial charge >= 0.3 is 5.97 Å². The van der Waals surface area contributed by atoms with Gasteiger partial charge in [-0.3, -0.25) is 4.68 Å². The summed E-state index contributed by atoms with van der Waals surface area (Å²) in [5, 5.41) is 13.0. The van der Waals surface area contributed by atoms with Crippen molar-refractivity contribution in [2.45, 2.75) is 20.4 Å². The van der Waals surface area contributed by atoms with E-state index < -0.39 is 5.97 Å². The standard InChI is InChI=1S/C9H10Cl2N2O2/c1-5-8(9(14)15)6(2)13(12-5)4-3-7(10)11/h3H,4H2,1-2H3,(H,14,15). The Labute approximate surface area is 97.1 Å². The van der Waals surface area contributed by atoms with Gasteiger partial charge in [-0.15, -0.1) is 0 Å². The van der Waals surface area contributed by atoms with Crippen LogP contribution in [-0.2, 0) is 6.54 Å². The highest BCUT2D eigenvalue weighted by molar-refractivity contribution is 6.55. The third kappa shape index (κ3) is 2.73. The van der Waals surface area contributed by atoms with Gasteiger partial charge in [0.2, 0.25) is 0 Å². The van der Waals surface area contributed by atoms with Crippen LogP contribution >= 0.6 is 23.2 Å². The minimum Gasteiger partial charge on any atom is -0.478 e. The number of nitrogens with zero attached hydrogens (tertiary/aromatic N) is 2. The maximum Gasteiger partial charge on any atom is 0.339 e. The van der Waals surface area contributed by atoms with Crippen molar-refractivity contribution in [3.05, 3.63) is 27.5 Å². The van der Waals surface area contributed by atoms with E-state index in [2.05, 4.69) is 5.10 Å². The molecule has 1 heterocycles. The van der Waals surface area contributed by atoms with Crippen LogP contribution in [0, 0.1) is 13.8 Å². The number of aromatic carboxylic acids is 1. The number of rotatable bonds is 3. The predicted molar refractivity (Wildman–Crippen MR) is 58.4 cm³/mol. The third-order valence-corrected chi connectivity index (χ3v) is 2.32. The Morgan fingerprint density at radius 2 is 2.13 bits per heavy atom. The zero-order chi connectivity index (χ0) is 11.6.